The molecule has 0 aliphatic heterocycles. The van der Waals surface area contributed by atoms with Crippen LogP contribution in [-0.2, 0) is 33.3 Å². The van der Waals surface area contributed by atoms with E-state index in [9.17, 15) is 14.4 Å². The second-order valence-corrected chi connectivity index (χ2v) is 16.4. The highest BCUT2D eigenvalue weighted by Gasteiger charge is 2.15. The Morgan fingerprint density at radius 2 is 0.965 bits per heavy atom. The number of nitrogens with one attached hydrogen (secondary N) is 1. The van der Waals surface area contributed by atoms with Crippen LogP contribution in [0.1, 0.15) is 226 Å². The van der Waals surface area contributed by atoms with Crippen molar-refractivity contribution in [1.29, 1.82) is 0 Å². The van der Waals surface area contributed by atoms with Crippen molar-refractivity contribution in [3.05, 3.63) is 0 Å². The first-order valence-electron chi connectivity index (χ1n) is 24.4. The van der Waals surface area contributed by atoms with Crippen molar-refractivity contribution in [2.24, 2.45) is 0 Å². The minimum absolute atomic E-state index is 0.0207. The van der Waals surface area contributed by atoms with Crippen LogP contribution in [0.4, 0.5) is 0 Å². The summed E-state index contributed by atoms with van der Waals surface area (Å²) in [5.41, 5.74) is 0. The van der Waals surface area contributed by atoms with Gasteiger partial charge in [-0.05, 0) is 77.4 Å². The van der Waals surface area contributed by atoms with E-state index in [4.69, 9.17) is 18.9 Å². The Labute approximate surface area is 352 Å². The smallest absolute Gasteiger partial charge is 0.306 e. The molecule has 0 rings (SSSR count). The lowest BCUT2D eigenvalue weighted by atomic mass is 10.1. The van der Waals surface area contributed by atoms with Gasteiger partial charge in [-0.15, -0.1) is 0 Å². The maximum Gasteiger partial charge on any atom is 0.306 e. The van der Waals surface area contributed by atoms with E-state index in [1.54, 1.807) is 7.11 Å². The lowest BCUT2D eigenvalue weighted by Gasteiger charge is -2.22. The van der Waals surface area contributed by atoms with Crippen molar-refractivity contribution < 1.29 is 33.3 Å². The number of ether oxygens (including phenoxy) is 4. The Hall–Kier alpha value is -1.71. The number of carbonyl (C=O) groups is 3. The number of carbonyl (C=O) groups excluding carboxylic acids is 3. The number of methoxy groups -OCH3 is 1. The predicted octanol–water partition coefficient (Wildman–Crippen LogP) is 12.1. The van der Waals surface area contributed by atoms with E-state index in [1.807, 2.05) is 0 Å². The van der Waals surface area contributed by atoms with Gasteiger partial charge in [-0.3, -0.25) is 14.4 Å². The zero-order chi connectivity index (χ0) is 41.7. The first-order chi connectivity index (χ1) is 28.0. The topological polar surface area (TPSA) is 103 Å². The van der Waals surface area contributed by atoms with Crippen LogP contribution >= 0.6 is 0 Å². The average Bonchev–Trinajstić information content (AvgIpc) is 3.20. The van der Waals surface area contributed by atoms with Crippen LogP contribution in [0.5, 0.6) is 0 Å². The molecule has 1 N–H and O–H groups in total. The Morgan fingerprint density at radius 3 is 1.58 bits per heavy atom. The van der Waals surface area contributed by atoms with Gasteiger partial charge in [0, 0.05) is 45.9 Å². The molecule has 1 atom stereocenters. The minimum atomic E-state index is -0.0452. The quantitative estimate of drug-likeness (QED) is 0.0479. The second kappa shape index (κ2) is 45.4. The Kier molecular flexibility index (Phi) is 44.0. The van der Waals surface area contributed by atoms with E-state index in [0.717, 1.165) is 129 Å². The van der Waals surface area contributed by atoms with Crippen LogP contribution in [0, 0.1) is 0 Å². The van der Waals surface area contributed by atoms with Crippen LogP contribution in [0.3, 0.4) is 0 Å². The fraction of sp³-hybridized carbons (Fsp3) is 0.938. The van der Waals surface area contributed by atoms with Crippen LogP contribution in [0.25, 0.3) is 0 Å². The van der Waals surface area contributed by atoms with Gasteiger partial charge in [-0.1, -0.05) is 143 Å². The van der Waals surface area contributed by atoms with Crippen LogP contribution in [0.15, 0.2) is 0 Å². The molecule has 9 nitrogen and oxygen atoms in total. The molecular formula is C48H94N2O7. The molecule has 0 aromatic carbocycles. The van der Waals surface area contributed by atoms with Crippen molar-refractivity contribution in [1.82, 2.24) is 10.2 Å². The van der Waals surface area contributed by atoms with Crippen LogP contribution in [0.2, 0.25) is 0 Å². The third kappa shape index (κ3) is 42.2. The van der Waals surface area contributed by atoms with E-state index >= 15 is 0 Å². The van der Waals surface area contributed by atoms with Gasteiger partial charge in [-0.25, -0.2) is 0 Å². The number of unbranched alkanes of at least 4 members (excludes halogenated alkanes) is 21. The molecule has 0 radical (unpaired) electrons. The molecular weight excluding hydrogens is 717 g/mol. The molecule has 0 aromatic rings. The molecule has 9 heteroatoms. The van der Waals surface area contributed by atoms with Crippen molar-refractivity contribution >= 4 is 17.8 Å². The second-order valence-electron chi connectivity index (χ2n) is 16.4. The largest absolute Gasteiger partial charge is 0.466 e. The van der Waals surface area contributed by atoms with Crippen molar-refractivity contribution in [2.45, 2.75) is 232 Å². The van der Waals surface area contributed by atoms with Gasteiger partial charge in [0.1, 0.15) is 6.10 Å². The fourth-order valence-electron chi connectivity index (χ4n) is 7.17. The maximum absolute atomic E-state index is 12.8. The summed E-state index contributed by atoms with van der Waals surface area (Å²) in [5.74, 6) is -0.0338. The molecule has 57 heavy (non-hydrogen) atoms. The number of hydrogen-bond acceptors (Lipinski definition) is 8. The number of nitrogens with zero attached hydrogens (tertiary/aromatic N) is 1. The third-order valence-electron chi connectivity index (χ3n) is 10.9. The fourth-order valence-corrected chi connectivity index (χ4v) is 7.17. The monoisotopic (exact) mass is 811 g/mol. The summed E-state index contributed by atoms with van der Waals surface area (Å²) in [6, 6.07) is 0. The normalized spacial score (nSPS) is 11.9. The lowest BCUT2D eigenvalue weighted by molar-refractivity contribution is -0.150. The Morgan fingerprint density at radius 1 is 0.474 bits per heavy atom. The standard InChI is InChI=1S/C48H94N2O7/c1-5-8-11-13-15-23-30-42-56-47(52)33-25-19-16-21-27-38-50(40-31-37-49-46(51)36-43-54-4)39-28-22-17-20-26-34-48(53)57-45(32-24-18-14-12-9-6-2)35-44-55-41-29-10-7-3/h45H,5-44H2,1-4H3,(H,49,51). The number of amides is 1. The molecule has 0 saturated carbocycles. The molecule has 1 unspecified atom stereocenters. The van der Waals surface area contributed by atoms with E-state index in [0.29, 0.717) is 45.6 Å². The molecule has 338 valence electrons. The summed E-state index contributed by atoms with van der Waals surface area (Å²) < 4.78 is 22.3. The van der Waals surface area contributed by atoms with Crippen molar-refractivity contribution in [3.8, 4) is 0 Å². The van der Waals surface area contributed by atoms with Crippen molar-refractivity contribution in [3.63, 3.8) is 0 Å². The van der Waals surface area contributed by atoms with E-state index in [2.05, 4.69) is 31.0 Å². The summed E-state index contributed by atoms with van der Waals surface area (Å²) in [6.07, 6.45) is 34.5. The van der Waals surface area contributed by atoms with Gasteiger partial charge in [0.25, 0.3) is 0 Å². The highest BCUT2D eigenvalue weighted by atomic mass is 16.5. The third-order valence-corrected chi connectivity index (χ3v) is 10.9. The highest BCUT2D eigenvalue weighted by Crippen LogP contribution is 2.16. The molecule has 0 aromatic heterocycles. The van der Waals surface area contributed by atoms with Crippen LogP contribution < -0.4 is 5.32 Å². The summed E-state index contributed by atoms with van der Waals surface area (Å²) in [7, 11) is 1.62. The van der Waals surface area contributed by atoms with Gasteiger partial charge >= 0.3 is 11.9 Å². The summed E-state index contributed by atoms with van der Waals surface area (Å²) in [5, 5.41) is 3.02. The first kappa shape index (κ1) is 55.3. The zero-order valence-corrected chi connectivity index (χ0v) is 38.2. The van der Waals surface area contributed by atoms with E-state index in [-0.39, 0.29) is 23.9 Å². The summed E-state index contributed by atoms with van der Waals surface area (Å²) >= 11 is 0. The maximum atomic E-state index is 12.8. The van der Waals surface area contributed by atoms with Gasteiger partial charge in [0.05, 0.1) is 19.8 Å². The minimum Gasteiger partial charge on any atom is -0.466 e. The van der Waals surface area contributed by atoms with E-state index < -0.39 is 0 Å². The first-order valence-corrected chi connectivity index (χ1v) is 24.4. The Balaban J connectivity index is 4.38. The van der Waals surface area contributed by atoms with Gasteiger partial charge < -0.3 is 29.2 Å². The molecule has 0 aliphatic rings. The number of rotatable bonds is 46. The van der Waals surface area contributed by atoms with E-state index in [1.165, 1.54) is 83.5 Å². The molecule has 0 spiro atoms. The highest BCUT2D eigenvalue weighted by molar-refractivity contribution is 5.75. The zero-order valence-electron chi connectivity index (χ0n) is 38.2. The lowest BCUT2D eigenvalue weighted by Crippen LogP contribution is -2.31. The molecule has 0 bridgehead atoms. The predicted molar refractivity (Wildman–Crippen MR) is 238 cm³/mol. The number of esters is 2. The number of hydrogen-bond donors (Lipinski definition) is 1. The Bertz CT molecular complexity index is 858. The molecule has 0 aliphatic carbocycles. The van der Waals surface area contributed by atoms with Crippen LogP contribution in [-0.4, -0.2) is 88.6 Å². The van der Waals surface area contributed by atoms with Crippen molar-refractivity contribution in [2.75, 3.05) is 59.7 Å². The molecule has 0 fully saturated rings. The molecule has 1 amide bonds. The molecule has 0 heterocycles. The SMILES string of the molecule is CCCCCCCCCOC(=O)CCCCCCCN(CCCCCCCC(=O)OC(CCCCCCCC)CCOCCCCC)CCCNC(=O)CCOC. The van der Waals surface area contributed by atoms with Gasteiger partial charge in [0.2, 0.25) is 5.91 Å². The summed E-state index contributed by atoms with van der Waals surface area (Å²) in [6.45, 7) is 13.0. The molecule has 0 saturated heterocycles. The van der Waals surface area contributed by atoms with Gasteiger partial charge in [-0.2, -0.15) is 0 Å². The van der Waals surface area contributed by atoms with Gasteiger partial charge in [0.15, 0.2) is 0 Å². The average molecular weight is 811 g/mol. The summed E-state index contributed by atoms with van der Waals surface area (Å²) in [4.78, 5) is 39.4.